The van der Waals surface area contributed by atoms with E-state index in [1.165, 1.54) is 0 Å². The number of hydrogen-bond donors (Lipinski definition) is 1. The van der Waals surface area contributed by atoms with E-state index in [9.17, 15) is 4.79 Å². The summed E-state index contributed by atoms with van der Waals surface area (Å²) in [6.45, 7) is 2.61. The predicted molar refractivity (Wildman–Crippen MR) is 53.0 cm³/mol. The molecule has 1 aliphatic carbocycles. The third-order valence-electron chi connectivity index (χ3n) is 3.23. The van der Waals surface area contributed by atoms with Crippen LogP contribution in [0.4, 0.5) is 0 Å². The molecule has 0 aromatic carbocycles. The van der Waals surface area contributed by atoms with Crippen LogP contribution in [0.2, 0.25) is 0 Å². The second-order valence-electron chi connectivity index (χ2n) is 4.14. The Morgan fingerprint density at radius 1 is 1.62 bits per heavy atom. The number of rotatable bonds is 2. The van der Waals surface area contributed by atoms with Gasteiger partial charge in [0.2, 0.25) is 5.78 Å². The number of Topliss-reactive ketones (excluding diaryl/α,β-unsaturated/α-hetero) is 1. The molecule has 2 N–H and O–H groups in total. The third-order valence-corrected chi connectivity index (χ3v) is 3.23. The molecule has 2 heteroatoms. The van der Waals surface area contributed by atoms with Gasteiger partial charge in [0, 0.05) is 6.54 Å². The zero-order chi connectivity index (χ0) is 9.90. The van der Waals surface area contributed by atoms with E-state index in [2.05, 4.69) is 12.8 Å². The normalized spacial score (nSPS) is 33.8. The van der Waals surface area contributed by atoms with Crippen LogP contribution in [-0.4, -0.2) is 12.3 Å². The molecule has 13 heavy (non-hydrogen) atoms. The van der Waals surface area contributed by atoms with Gasteiger partial charge in [-0.1, -0.05) is 6.92 Å². The average Bonchev–Trinajstić information content (AvgIpc) is 2.18. The number of hydrogen-bond acceptors (Lipinski definition) is 2. The monoisotopic (exact) mass is 179 g/mol. The first kappa shape index (κ1) is 10.3. The molecule has 0 bridgehead atoms. The second-order valence-corrected chi connectivity index (χ2v) is 4.14. The quantitative estimate of drug-likeness (QED) is 0.513. The lowest BCUT2D eigenvalue weighted by molar-refractivity contribution is -0.124. The van der Waals surface area contributed by atoms with E-state index >= 15 is 0 Å². The van der Waals surface area contributed by atoms with Gasteiger partial charge < -0.3 is 5.73 Å². The van der Waals surface area contributed by atoms with Crippen LogP contribution in [0.15, 0.2) is 0 Å². The molecular formula is C11H17NO. The number of carbonyl (C=O) groups is 1. The van der Waals surface area contributed by atoms with Crippen LogP contribution in [0.1, 0.15) is 32.6 Å². The Kier molecular flexibility index (Phi) is 3.11. The van der Waals surface area contributed by atoms with Gasteiger partial charge >= 0.3 is 0 Å². The maximum atomic E-state index is 11.5. The lowest BCUT2D eigenvalue weighted by Gasteiger charge is -2.35. The highest BCUT2D eigenvalue weighted by molar-refractivity contribution is 5.99. The molecular weight excluding hydrogens is 162 g/mol. The zero-order valence-electron chi connectivity index (χ0n) is 8.18. The van der Waals surface area contributed by atoms with Crippen molar-refractivity contribution >= 4 is 5.78 Å². The van der Waals surface area contributed by atoms with Crippen LogP contribution >= 0.6 is 0 Å². The fourth-order valence-corrected chi connectivity index (χ4v) is 1.99. The summed E-state index contributed by atoms with van der Waals surface area (Å²) in [5.74, 6) is 2.84. The van der Waals surface area contributed by atoms with E-state index in [1.807, 2.05) is 0 Å². The van der Waals surface area contributed by atoms with Crippen molar-refractivity contribution in [2.45, 2.75) is 32.6 Å². The van der Waals surface area contributed by atoms with Gasteiger partial charge in [-0.25, -0.2) is 0 Å². The predicted octanol–water partition coefficient (Wildman–Crippen LogP) is 1.34. The summed E-state index contributed by atoms with van der Waals surface area (Å²) in [5.41, 5.74) is 5.26. The van der Waals surface area contributed by atoms with Crippen LogP contribution in [0.5, 0.6) is 0 Å². The lowest BCUT2D eigenvalue weighted by atomic mass is 9.68. The van der Waals surface area contributed by atoms with Crippen molar-refractivity contribution in [1.29, 1.82) is 0 Å². The van der Waals surface area contributed by atoms with Gasteiger partial charge in [-0.15, -0.1) is 6.42 Å². The smallest absolute Gasteiger partial charge is 0.212 e. The molecule has 1 rings (SSSR count). The van der Waals surface area contributed by atoms with Crippen LogP contribution in [0.3, 0.4) is 0 Å². The van der Waals surface area contributed by atoms with Crippen molar-refractivity contribution in [1.82, 2.24) is 0 Å². The van der Waals surface area contributed by atoms with E-state index < -0.39 is 0 Å². The summed E-state index contributed by atoms with van der Waals surface area (Å²) in [7, 11) is 0. The van der Waals surface area contributed by atoms with Crippen molar-refractivity contribution in [3.05, 3.63) is 0 Å². The fraction of sp³-hybridized carbons (Fsp3) is 0.727. The number of carbonyl (C=O) groups excluding carboxylic acids is 1. The molecule has 0 aromatic rings. The van der Waals surface area contributed by atoms with Crippen LogP contribution in [0.25, 0.3) is 0 Å². The molecule has 1 aliphatic rings. The van der Waals surface area contributed by atoms with Crippen molar-refractivity contribution in [3.63, 3.8) is 0 Å². The summed E-state index contributed by atoms with van der Waals surface area (Å²) in [4.78, 5) is 11.5. The first-order chi connectivity index (χ1) is 6.14. The van der Waals surface area contributed by atoms with Crippen molar-refractivity contribution in [2.75, 3.05) is 6.54 Å². The Morgan fingerprint density at radius 3 is 2.54 bits per heavy atom. The first-order valence-electron chi connectivity index (χ1n) is 4.86. The van der Waals surface area contributed by atoms with Gasteiger partial charge in [0.1, 0.15) is 0 Å². The number of terminal acetylenes is 1. The zero-order valence-corrected chi connectivity index (χ0v) is 8.18. The van der Waals surface area contributed by atoms with Gasteiger partial charge in [0.25, 0.3) is 0 Å². The molecule has 0 unspecified atom stereocenters. The summed E-state index contributed by atoms with van der Waals surface area (Å²) in [6, 6.07) is 0. The van der Waals surface area contributed by atoms with Crippen LogP contribution in [-0.2, 0) is 4.79 Å². The maximum absolute atomic E-state index is 11.5. The molecule has 0 amide bonds. The molecule has 0 heterocycles. The Hall–Kier alpha value is -0.810. The van der Waals surface area contributed by atoms with E-state index in [-0.39, 0.29) is 11.2 Å². The summed E-state index contributed by atoms with van der Waals surface area (Å²) in [6.07, 6.45) is 9.03. The minimum Gasteiger partial charge on any atom is -0.329 e. The second kappa shape index (κ2) is 3.93. The summed E-state index contributed by atoms with van der Waals surface area (Å²) >= 11 is 0. The van der Waals surface area contributed by atoms with Gasteiger partial charge in [0.15, 0.2) is 0 Å². The highest BCUT2D eigenvalue weighted by atomic mass is 16.1. The fourth-order valence-electron chi connectivity index (χ4n) is 1.99. The largest absolute Gasteiger partial charge is 0.329 e. The molecule has 72 valence electrons. The SMILES string of the molecule is C#CC(=O)C1(CN)CCC(C)CC1. The van der Waals surface area contributed by atoms with Crippen molar-refractivity contribution < 1.29 is 4.79 Å². The molecule has 0 aromatic heterocycles. The topological polar surface area (TPSA) is 43.1 Å². The third kappa shape index (κ3) is 1.92. The Labute approximate surface area is 79.9 Å². The van der Waals surface area contributed by atoms with Crippen LogP contribution < -0.4 is 5.73 Å². The van der Waals surface area contributed by atoms with Gasteiger partial charge in [-0.3, -0.25) is 4.79 Å². The molecule has 2 nitrogen and oxygen atoms in total. The van der Waals surface area contributed by atoms with Gasteiger partial charge in [0.05, 0.1) is 5.41 Å². The van der Waals surface area contributed by atoms with Gasteiger partial charge in [-0.05, 0) is 37.5 Å². The molecule has 0 atom stereocenters. The minimum absolute atomic E-state index is 0.0955. The summed E-state index contributed by atoms with van der Waals surface area (Å²) in [5, 5.41) is 0. The molecule has 0 aliphatic heterocycles. The molecule has 1 fully saturated rings. The van der Waals surface area contributed by atoms with E-state index in [4.69, 9.17) is 12.2 Å². The number of nitrogens with two attached hydrogens (primary N) is 1. The molecule has 0 saturated heterocycles. The first-order valence-corrected chi connectivity index (χ1v) is 4.86. The molecule has 0 radical (unpaired) electrons. The molecule has 1 saturated carbocycles. The Bertz CT molecular complexity index is 231. The molecule has 0 spiro atoms. The Balaban J connectivity index is 2.73. The standard InChI is InChI=1S/C11H17NO/c1-3-10(13)11(8-12)6-4-9(2)5-7-11/h1,9H,4-8,12H2,2H3. The van der Waals surface area contributed by atoms with Crippen molar-refractivity contribution in [3.8, 4) is 12.3 Å². The van der Waals surface area contributed by atoms with Crippen LogP contribution in [0, 0.1) is 23.7 Å². The highest BCUT2D eigenvalue weighted by Gasteiger charge is 2.38. The lowest BCUT2D eigenvalue weighted by Crippen LogP contribution is -2.40. The van der Waals surface area contributed by atoms with Crippen molar-refractivity contribution in [2.24, 2.45) is 17.1 Å². The maximum Gasteiger partial charge on any atom is 0.212 e. The Morgan fingerprint density at radius 2 is 2.15 bits per heavy atom. The summed E-state index contributed by atoms with van der Waals surface area (Å²) < 4.78 is 0. The highest BCUT2D eigenvalue weighted by Crippen LogP contribution is 2.38. The van der Waals surface area contributed by atoms with E-state index in [0.717, 1.165) is 25.7 Å². The van der Waals surface area contributed by atoms with E-state index in [0.29, 0.717) is 12.5 Å². The average molecular weight is 179 g/mol. The number of ketones is 1. The van der Waals surface area contributed by atoms with Gasteiger partial charge in [-0.2, -0.15) is 0 Å². The van der Waals surface area contributed by atoms with E-state index in [1.54, 1.807) is 0 Å². The minimum atomic E-state index is -0.388.